The first-order valence-corrected chi connectivity index (χ1v) is 18.3. The monoisotopic (exact) mass is 716 g/mol. The number of ether oxygens (including phenoxy) is 2. The van der Waals surface area contributed by atoms with Gasteiger partial charge in [0, 0.05) is 12.8 Å². The van der Waals surface area contributed by atoms with Crippen molar-refractivity contribution in [2.45, 2.75) is 148 Å². The first-order valence-electron chi connectivity index (χ1n) is 18.3. The molecule has 284 valence electrons. The number of nitrogens with one attached hydrogen (secondary N) is 3. The lowest BCUT2D eigenvalue weighted by atomic mass is 9.90. The van der Waals surface area contributed by atoms with Crippen LogP contribution < -0.4 is 21.7 Å². The molecule has 7 unspecified atom stereocenters. The van der Waals surface area contributed by atoms with E-state index in [-0.39, 0.29) is 36.5 Å². The van der Waals surface area contributed by atoms with Gasteiger partial charge < -0.3 is 41.4 Å². The number of aromatic hydroxyl groups is 1. The lowest BCUT2D eigenvalue weighted by Gasteiger charge is -2.34. The van der Waals surface area contributed by atoms with Crippen LogP contribution in [0.2, 0.25) is 0 Å². The van der Waals surface area contributed by atoms with Crippen LogP contribution in [-0.2, 0) is 39.9 Å². The largest absolute Gasteiger partial charge is 0.507 e. The number of rotatable bonds is 21. The average Bonchev–Trinajstić information content (AvgIpc) is 3.43. The lowest BCUT2D eigenvalue weighted by Crippen LogP contribution is -2.57. The Labute approximate surface area is 300 Å². The minimum Gasteiger partial charge on any atom is -0.507 e. The number of aliphatic hydroxyl groups is 1. The first kappa shape index (κ1) is 41.2. The number of amides is 4. The predicted molar refractivity (Wildman–Crippen MR) is 187 cm³/mol. The van der Waals surface area contributed by atoms with E-state index in [4.69, 9.17) is 15.2 Å². The number of carbonyl (C=O) groups excluding carboxylic acids is 6. The Morgan fingerprint density at radius 3 is 2.29 bits per heavy atom. The van der Waals surface area contributed by atoms with Crippen LogP contribution in [0.5, 0.6) is 5.75 Å². The van der Waals surface area contributed by atoms with Gasteiger partial charge in [-0.15, -0.1) is 0 Å². The summed E-state index contributed by atoms with van der Waals surface area (Å²) in [6.45, 7) is 8.26. The highest BCUT2D eigenvalue weighted by Crippen LogP contribution is 2.30. The quantitative estimate of drug-likeness (QED) is 0.0806. The molecule has 2 aliphatic rings. The molecule has 1 aromatic carbocycles. The molecule has 1 fully saturated rings. The molecule has 0 radical (unpaired) electrons. The Kier molecular flexibility index (Phi) is 16.2. The highest BCUT2D eigenvalue weighted by Gasteiger charge is 2.45. The first-order chi connectivity index (χ1) is 24.2. The Morgan fingerprint density at radius 2 is 1.63 bits per heavy atom. The van der Waals surface area contributed by atoms with E-state index in [9.17, 15) is 39.0 Å². The highest BCUT2D eigenvalue weighted by molar-refractivity contribution is 5.95. The molecule has 7 atom stereocenters. The summed E-state index contributed by atoms with van der Waals surface area (Å²) in [6.07, 6.45) is 3.92. The summed E-state index contributed by atoms with van der Waals surface area (Å²) in [4.78, 5) is 76.2. The number of primary amides is 1. The van der Waals surface area contributed by atoms with Gasteiger partial charge in [0.2, 0.25) is 17.7 Å². The number of phenolic OH excluding ortho intramolecular Hbond substituents is 1. The van der Waals surface area contributed by atoms with Crippen molar-refractivity contribution in [3.63, 3.8) is 0 Å². The fraction of sp³-hybridized carbons (Fsp3) is 0.676. The normalized spacial score (nSPS) is 20.7. The number of carbonyl (C=O) groups is 6. The number of benzene rings is 1. The molecule has 4 amide bonds. The van der Waals surface area contributed by atoms with Crippen LogP contribution in [0.1, 0.15) is 121 Å². The number of hydrogen-bond donors (Lipinski definition) is 6. The molecular weight excluding hydrogens is 660 g/mol. The van der Waals surface area contributed by atoms with Crippen molar-refractivity contribution >= 4 is 35.6 Å². The molecule has 51 heavy (non-hydrogen) atoms. The smallest absolute Gasteiger partial charge is 0.342 e. The van der Waals surface area contributed by atoms with Gasteiger partial charge in [-0.3, -0.25) is 24.0 Å². The van der Waals surface area contributed by atoms with E-state index in [0.717, 1.165) is 31.6 Å². The number of hydrogen-bond acceptors (Lipinski definition) is 10. The summed E-state index contributed by atoms with van der Waals surface area (Å²) in [5.41, 5.74) is 5.97. The summed E-state index contributed by atoms with van der Waals surface area (Å²) in [5.74, 6) is -3.96. The lowest BCUT2D eigenvalue weighted by molar-refractivity contribution is -0.151. The molecule has 0 aromatic heterocycles. The van der Waals surface area contributed by atoms with E-state index in [0.29, 0.717) is 18.4 Å². The number of cyclic esters (lactones) is 2. The molecule has 3 rings (SSSR count). The van der Waals surface area contributed by atoms with Gasteiger partial charge in [0.1, 0.15) is 23.5 Å². The number of fused-ring (bicyclic) bond motifs is 1. The van der Waals surface area contributed by atoms with Crippen molar-refractivity contribution in [3.8, 4) is 5.75 Å². The Hall–Kier alpha value is -4.20. The topological polar surface area (TPSA) is 223 Å². The minimum atomic E-state index is -1.92. The van der Waals surface area contributed by atoms with E-state index >= 15 is 0 Å². The summed E-state index contributed by atoms with van der Waals surface area (Å²) in [5, 5.41) is 29.0. The number of esters is 2. The summed E-state index contributed by atoms with van der Waals surface area (Å²) < 4.78 is 10.8. The van der Waals surface area contributed by atoms with Crippen LogP contribution in [0.4, 0.5) is 0 Å². The van der Waals surface area contributed by atoms with Crippen molar-refractivity contribution in [2.24, 2.45) is 17.6 Å². The minimum absolute atomic E-state index is 0.0368. The average molecular weight is 717 g/mol. The molecule has 0 aliphatic carbocycles. The molecule has 1 saturated heterocycles. The van der Waals surface area contributed by atoms with E-state index in [1.807, 2.05) is 13.8 Å². The molecule has 2 heterocycles. The summed E-state index contributed by atoms with van der Waals surface area (Å²) in [7, 11) is 0. The molecule has 14 nitrogen and oxygen atoms in total. The highest BCUT2D eigenvalue weighted by atomic mass is 16.6. The summed E-state index contributed by atoms with van der Waals surface area (Å²) >= 11 is 0. The van der Waals surface area contributed by atoms with Crippen LogP contribution in [-0.4, -0.2) is 82.2 Å². The second-order valence-electron chi connectivity index (χ2n) is 14.4. The second kappa shape index (κ2) is 20.0. The van der Waals surface area contributed by atoms with E-state index in [2.05, 4.69) is 29.8 Å². The van der Waals surface area contributed by atoms with Gasteiger partial charge in [0.25, 0.3) is 5.91 Å². The third kappa shape index (κ3) is 12.8. The SMILES string of the molecule is CCC(C)CCCCCCCCC(=O)NC(CC(N)=O)C(=O)NC1CC(=O)OC1C(O)C(=O)NC(CC(C)C)C1Cc2cccc(O)c2C(=O)O1. The van der Waals surface area contributed by atoms with Gasteiger partial charge in [-0.1, -0.05) is 84.8 Å². The zero-order chi connectivity index (χ0) is 37.7. The molecule has 14 heteroatoms. The number of unbranched alkanes of at least 4 members (excludes halogenated alkanes) is 5. The maximum Gasteiger partial charge on any atom is 0.342 e. The van der Waals surface area contributed by atoms with Crippen LogP contribution in [0.3, 0.4) is 0 Å². The van der Waals surface area contributed by atoms with E-state index < -0.39 is 78.4 Å². The fourth-order valence-corrected chi connectivity index (χ4v) is 6.55. The third-order valence-corrected chi connectivity index (χ3v) is 9.58. The van der Waals surface area contributed by atoms with Gasteiger partial charge in [0.05, 0.1) is 24.9 Å². The van der Waals surface area contributed by atoms with Crippen LogP contribution >= 0.6 is 0 Å². The number of aliphatic hydroxyl groups excluding tert-OH is 1. The molecule has 0 spiro atoms. The van der Waals surface area contributed by atoms with Gasteiger partial charge >= 0.3 is 11.9 Å². The molecule has 7 N–H and O–H groups in total. The van der Waals surface area contributed by atoms with Crippen molar-refractivity contribution in [1.29, 1.82) is 0 Å². The number of nitrogens with two attached hydrogens (primary N) is 1. The van der Waals surface area contributed by atoms with Gasteiger partial charge in [-0.05, 0) is 36.3 Å². The number of phenols is 1. The molecule has 1 aromatic rings. The Balaban J connectivity index is 1.57. The Bertz CT molecular complexity index is 1380. The fourth-order valence-electron chi connectivity index (χ4n) is 6.55. The zero-order valence-corrected chi connectivity index (χ0v) is 30.3. The van der Waals surface area contributed by atoms with Crippen molar-refractivity contribution in [2.75, 3.05) is 0 Å². The molecule has 0 saturated carbocycles. The molecule has 2 aliphatic heterocycles. The van der Waals surface area contributed by atoms with Gasteiger partial charge in [0.15, 0.2) is 12.2 Å². The van der Waals surface area contributed by atoms with Crippen molar-refractivity contribution in [3.05, 3.63) is 29.3 Å². The van der Waals surface area contributed by atoms with E-state index in [1.54, 1.807) is 12.1 Å². The van der Waals surface area contributed by atoms with Crippen LogP contribution in [0, 0.1) is 11.8 Å². The predicted octanol–water partition coefficient (Wildman–Crippen LogP) is 2.69. The van der Waals surface area contributed by atoms with Crippen LogP contribution in [0.15, 0.2) is 18.2 Å². The standard InChI is InChI=1S/C37H56N4O10/c1-5-22(4)13-10-8-6-7-9-11-16-30(44)39-26(19-29(38)43)35(47)41-25-20-31(45)51-34(25)33(46)36(48)40-24(17-21(2)3)28-18-23-14-12-15-27(42)32(23)37(49)50-28/h12,14-15,21-22,24-26,28,33-34,42,46H,5-11,13,16-20H2,1-4H3,(H2,38,43)(H,39,44)(H,40,48)(H,41,47). The van der Waals surface area contributed by atoms with Crippen molar-refractivity contribution < 1.29 is 48.5 Å². The van der Waals surface area contributed by atoms with Crippen LogP contribution in [0.25, 0.3) is 0 Å². The second-order valence-corrected chi connectivity index (χ2v) is 14.4. The summed E-state index contributed by atoms with van der Waals surface area (Å²) in [6, 6.07) is 1.42. The molecular formula is C37H56N4O10. The van der Waals surface area contributed by atoms with E-state index in [1.165, 1.54) is 25.3 Å². The molecule has 0 bridgehead atoms. The Morgan fingerprint density at radius 1 is 0.941 bits per heavy atom. The van der Waals surface area contributed by atoms with Gasteiger partial charge in [-0.25, -0.2) is 4.79 Å². The van der Waals surface area contributed by atoms with Crippen molar-refractivity contribution in [1.82, 2.24) is 16.0 Å². The third-order valence-electron chi connectivity index (χ3n) is 9.58. The van der Waals surface area contributed by atoms with Gasteiger partial charge in [-0.2, -0.15) is 0 Å². The zero-order valence-electron chi connectivity index (χ0n) is 30.3. The maximum absolute atomic E-state index is 13.4. The maximum atomic E-state index is 13.4.